The number of nitrogens with one attached hydrogen (secondary N) is 2. The third-order valence-electron chi connectivity index (χ3n) is 2.62. The normalized spacial score (nSPS) is 13.0. The van der Waals surface area contributed by atoms with E-state index in [9.17, 15) is 13.2 Å². The molecule has 0 saturated carbocycles. The molecule has 1 aromatic carbocycles. The van der Waals surface area contributed by atoms with E-state index >= 15 is 0 Å². The van der Waals surface area contributed by atoms with Crippen molar-refractivity contribution in [1.29, 1.82) is 0 Å². The van der Waals surface area contributed by atoms with Crippen molar-refractivity contribution in [2.45, 2.75) is 31.2 Å². The summed E-state index contributed by atoms with van der Waals surface area (Å²) >= 11 is 0. The standard InChI is InChI=1S/C12H18N4O4S/c1-8(17)14-9-4-6-10(7-5-9)21(19,20)16-12(2,3)11(13)15-18/h4-7,16,18H,1-3H3,(H2,13,15)(H,14,17). The van der Waals surface area contributed by atoms with Gasteiger partial charge in [-0.3, -0.25) is 4.79 Å². The van der Waals surface area contributed by atoms with E-state index in [4.69, 9.17) is 10.9 Å². The summed E-state index contributed by atoms with van der Waals surface area (Å²) in [6, 6.07) is 5.62. The van der Waals surface area contributed by atoms with Gasteiger partial charge in [-0.2, -0.15) is 4.72 Å². The zero-order valence-corrected chi connectivity index (χ0v) is 12.7. The summed E-state index contributed by atoms with van der Waals surface area (Å²) in [5, 5.41) is 14.0. The first-order valence-electron chi connectivity index (χ1n) is 5.98. The summed E-state index contributed by atoms with van der Waals surface area (Å²) in [7, 11) is -3.85. The number of oxime groups is 1. The Morgan fingerprint density at radius 2 is 1.81 bits per heavy atom. The lowest BCUT2D eigenvalue weighted by molar-refractivity contribution is -0.114. The predicted octanol–water partition coefficient (Wildman–Crippen LogP) is 0.448. The van der Waals surface area contributed by atoms with Crippen LogP contribution in [-0.2, 0) is 14.8 Å². The lowest BCUT2D eigenvalue weighted by Gasteiger charge is -2.24. The average molecular weight is 314 g/mol. The van der Waals surface area contributed by atoms with Gasteiger partial charge in [0, 0.05) is 12.6 Å². The maximum absolute atomic E-state index is 12.2. The number of amides is 1. The van der Waals surface area contributed by atoms with Crippen LogP contribution in [0.5, 0.6) is 0 Å². The number of nitrogens with two attached hydrogens (primary N) is 1. The van der Waals surface area contributed by atoms with Gasteiger partial charge in [0.05, 0.1) is 10.4 Å². The molecule has 0 aliphatic heterocycles. The van der Waals surface area contributed by atoms with Gasteiger partial charge in [0.1, 0.15) is 0 Å². The number of amidine groups is 1. The molecule has 0 saturated heterocycles. The quantitative estimate of drug-likeness (QED) is 0.271. The molecule has 0 aliphatic carbocycles. The highest BCUT2D eigenvalue weighted by atomic mass is 32.2. The maximum Gasteiger partial charge on any atom is 0.241 e. The molecule has 5 N–H and O–H groups in total. The fourth-order valence-corrected chi connectivity index (χ4v) is 2.88. The number of hydrogen-bond acceptors (Lipinski definition) is 5. The monoisotopic (exact) mass is 314 g/mol. The first-order chi connectivity index (χ1) is 9.58. The predicted molar refractivity (Wildman–Crippen MR) is 78.6 cm³/mol. The molecule has 1 aromatic rings. The van der Waals surface area contributed by atoms with Gasteiger partial charge in [0.2, 0.25) is 15.9 Å². The number of rotatable bonds is 5. The van der Waals surface area contributed by atoms with Crippen LogP contribution in [0.1, 0.15) is 20.8 Å². The van der Waals surface area contributed by atoms with Crippen molar-refractivity contribution in [3.8, 4) is 0 Å². The Hall–Kier alpha value is -2.13. The Morgan fingerprint density at radius 1 is 1.29 bits per heavy atom. The smallest absolute Gasteiger partial charge is 0.241 e. The molecule has 0 bridgehead atoms. The number of carbonyl (C=O) groups excluding carboxylic acids is 1. The zero-order valence-electron chi connectivity index (χ0n) is 11.9. The first kappa shape index (κ1) is 16.9. The summed E-state index contributed by atoms with van der Waals surface area (Å²) in [4.78, 5) is 10.9. The average Bonchev–Trinajstić information content (AvgIpc) is 2.36. The van der Waals surface area contributed by atoms with Gasteiger partial charge in [-0.05, 0) is 38.1 Å². The van der Waals surface area contributed by atoms with Gasteiger partial charge < -0.3 is 16.3 Å². The van der Waals surface area contributed by atoms with Crippen LogP contribution < -0.4 is 15.8 Å². The van der Waals surface area contributed by atoms with E-state index in [0.29, 0.717) is 5.69 Å². The molecule has 9 heteroatoms. The largest absolute Gasteiger partial charge is 0.409 e. The van der Waals surface area contributed by atoms with Crippen molar-refractivity contribution in [2.75, 3.05) is 5.32 Å². The highest BCUT2D eigenvalue weighted by Gasteiger charge is 2.30. The van der Waals surface area contributed by atoms with Crippen LogP contribution in [0.2, 0.25) is 0 Å². The minimum absolute atomic E-state index is 0.00424. The van der Waals surface area contributed by atoms with Crippen LogP contribution in [0, 0.1) is 0 Å². The van der Waals surface area contributed by atoms with Crippen molar-refractivity contribution in [3.05, 3.63) is 24.3 Å². The van der Waals surface area contributed by atoms with E-state index in [1.54, 1.807) is 0 Å². The summed E-state index contributed by atoms with van der Waals surface area (Å²) in [6.07, 6.45) is 0. The number of anilines is 1. The van der Waals surface area contributed by atoms with E-state index in [2.05, 4.69) is 15.2 Å². The molecule has 0 unspecified atom stereocenters. The van der Waals surface area contributed by atoms with E-state index in [1.165, 1.54) is 45.0 Å². The molecule has 21 heavy (non-hydrogen) atoms. The molecule has 0 spiro atoms. The number of carbonyl (C=O) groups is 1. The molecule has 0 heterocycles. The number of benzene rings is 1. The number of hydrogen-bond donors (Lipinski definition) is 4. The Balaban J connectivity index is 3.01. The Kier molecular flexibility index (Phi) is 4.92. The highest BCUT2D eigenvalue weighted by Crippen LogP contribution is 2.16. The molecular formula is C12H18N4O4S. The molecular weight excluding hydrogens is 296 g/mol. The molecule has 116 valence electrons. The van der Waals surface area contributed by atoms with Gasteiger partial charge in [0.15, 0.2) is 5.84 Å². The van der Waals surface area contributed by atoms with Crippen molar-refractivity contribution < 1.29 is 18.4 Å². The van der Waals surface area contributed by atoms with Crippen molar-refractivity contribution in [3.63, 3.8) is 0 Å². The van der Waals surface area contributed by atoms with Crippen LogP contribution in [0.25, 0.3) is 0 Å². The Bertz CT molecular complexity index is 650. The first-order valence-corrected chi connectivity index (χ1v) is 7.46. The maximum atomic E-state index is 12.2. The van der Waals surface area contributed by atoms with E-state index in [1.807, 2.05) is 0 Å². The molecule has 0 aromatic heterocycles. The SMILES string of the molecule is CC(=O)Nc1ccc(S(=O)(=O)NC(C)(C)/C(N)=N/O)cc1. The fourth-order valence-electron chi connectivity index (χ4n) is 1.49. The molecule has 0 atom stereocenters. The summed E-state index contributed by atoms with van der Waals surface area (Å²) in [5.41, 5.74) is 4.68. The van der Waals surface area contributed by atoms with Gasteiger partial charge in [-0.15, -0.1) is 0 Å². The lowest BCUT2D eigenvalue weighted by Crippen LogP contribution is -2.52. The van der Waals surface area contributed by atoms with Crippen LogP contribution >= 0.6 is 0 Å². The minimum Gasteiger partial charge on any atom is -0.409 e. The minimum atomic E-state index is -3.85. The topological polar surface area (TPSA) is 134 Å². The molecule has 0 fully saturated rings. The summed E-state index contributed by atoms with van der Waals surface area (Å²) in [6.45, 7) is 4.28. The van der Waals surface area contributed by atoms with Gasteiger partial charge >= 0.3 is 0 Å². The van der Waals surface area contributed by atoms with Gasteiger partial charge in [0.25, 0.3) is 0 Å². The molecule has 1 amide bonds. The second kappa shape index (κ2) is 6.10. The van der Waals surface area contributed by atoms with Crippen molar-refractivity contribution in [2.24, 2.45) is 10.9 Å². The summed E-state index contributed by atoms with van der Waals surface area (Å²) < 4.78 is 26.8. The fraction of sp³-hybridized carbons (Fsp3) is 0.333. The van der Waals surface area contributed by atoms with Gasteiger partial charge in [-0.25, -0.2) is 8.42 Å². The summed E-state index contributed by atoms with van der Waals surface area (Å²) in [5.74, 6) is -0.516. The zero-order chi connectivity index (χ0) is 16.3. The third kappa shape index (κ3) is 4.43. The van der Waals surface area contributed by atoms with Crippen LogP contribution in [0.4, 0.5) is 5.69 Å². The van der Waals surface area contributed by atoms with Gasteiger partial charge in [-0.1, -0.05) is 5.16 Å². The second-order valence-electron chi connectivity index (χ2n) is 4.92. The Labute approximate surface area is 123 Å². The van der Waals surface area contributed by atoms with Crippen LogP contribution in [0.15, 0.2) is 34.3 Å². The molecule has 8 nitrogen and oxygen atoms in total. The van der Waals surface area contributed by atoms with Crippen LogP contribution in [-0.4, -0.2) is 30.9 Å². The van der Waals surface area contributed by atoms with Crippen molar-refractivity contribution in [1.82, 2.24) is 4.72 Å². The molecule has 0 aliphatic rings. The van der Waals surface area contributed by atoms with E-state index in [-0.39, 0.29) is 16.6 Å². The number of sulfonamides is 1. The van der Waals surface area contributed by atoms with E-state index < -0.39 is 15.6 Å². The van der Waals surface area contributed by atoms with Crippen LogP contribution in [0.3, 0.4) is 0 Å². The number of nitrogens with zero attached hydrogens (tertiary/aromatic N) is 1. The molecule has 1 rings (SSSR count). The highest BCUT2D eigenvalue weighted by molar-refractivity contribution is 7.89. The molecule has 0 radical (unpaired) electrons. The lowest BCUT2D eigenvalue weighted by atomic mass is 10.1. The van der Waals surface area contributed by atoms with E-state index in [0.717, 1.165) is 0 Å². The second-order valence-corrected chi connectivity index (χ2v) is 6.60. The van der Waals surface area contributed by atoms with Crippen molar-refractivity contribution >= 4 is 27.5 Å². The Morgan fingerprint density at radius 3 is 2.24 bits per heavy atom. The third-order valence-corrected chi connectivity index (χ3v) is 4.29.